The fraction of sp³-hybridized carbons (Fsp3) is 0.103. The smallest absolute Gasteiger partial charge is 0.322 e. The molecule has 39 heavy (non-hydrogen) atoms. The third-order valence-electron chi connectivity index (χ3n) is 5.98. The zero-order valence-electron chi connectivity index (χ0n) is 20.3. The number of anilines is 1. The van der Waals surface area contributed by atoms with Crippen molar-refractivity contribution in [3.63, 3.8) is 0 Å². The first-order valence-corrected chi connectivity index (χ1v) is 11.5. The summed E-state index contributed by atoms with van der Waals surface area (Å²) in [5, 5.41) is 3.34. The van der Waals surface area contributed by atoms with Crippen LogP contribution in [0.25, 0.3) is 16.5 Å². The van der Waals surface area contributed by atoms with Crippen LogP contribution in [0.2, 0.25) is 0 Å². The number of halogens is 6. The SMILES string of the molecule is Cn1c(=O)ccc2c(NC(=O)/C=C/C=C(c3ccc(C(F)(F)F)cc3)c3ccc(C(F)(F)F)cc3)cccc21. The largest absolute Gasteiger partial charge is 0.416 e. The van der Waals surface area contributed by atoms with Crippen molar-refractivity contribution in [3.8, 4) is 0 Å². The lowest BCUT2D eigenvalue weighted by Crippen LogP contribution is -2.16. The molecule has 3 aromatic carbocycles. The maximum atomic E-state index is 13.0. The minimum Gasteiger partial charge on any atom is -0.322 e. The molecule has 10 heteroatoms. The molecule has 0 fully saturated rings. The predicted octanol–water partition coefficient (Wildman–Crippen LogP) is 7.20. The first kappa shape index (κ1) is 27.4. The molecule has 4 aromatic rings. The number of amides is 1. The molecule has 0 aliphatic rings. The van der Waals surface area contributed by atoms with Crippen molar-refractivity contribution in [1.82, 2.24) is 4.57 Å². The van der Waals surface area contributed by atoms with E-state index in [4.69, 9.17) is 0 Å². The normalized spacial score (nSPS) is 12.1. The van der Waals surface area contributed by atoms with Crippen molar-refractivity contribution in [1.29, 1.82) is 0 Å². The monoisotopic (exact) mass is 542 g/mol. The standard InChI is InChI=1S/C29H20F6N2O2/c1-37-25-6-3-5-24(23(25)16-17-27(37)39)36-26(38)7-2-4-22(18-8-12-20(13-9-18)28(30,31)32)19-10-14-21(15-11-19)29(33,34)35/h2-17H,1H3,(H,36,38)/b7-2+. The molecule has 0 unspecified atom stereocenters. The van der Waals surface area contributed by atoms with Crippen LogP contribution in [0.3, 0.4) is 0 Å². The van der Waals surface area contributed by atoms with Gasteiger partial charge in [-0.15, -0.1) is 0 Å². The molecule has 0 aliphatic heterocycles. The number of alkyl halides is 6. The van der Waals surface area contributed by atoms with Crippen LogP contribution in [-0.4, -0.2) is 10.5 Å². The fourth-order valence-electron chi connectivity index (χ4n) is 3.96. The van der Waals surface area contributed by atoms with Gasteiger partial charge >= 0.3 is 12.4 Å². The summed E-state index contributed by atoms with van der Waals surface area (Å²) in [6.07, 6.45) is -5.15. The van der Waals surface area contributed by atoms with E-state index < -0.39 is 29.4 Å². The molecule has 4 rings (SSSR count). The molecule has 1 amide bonds. The highest BCUT2D eigenvalue weighted by molar-refractivity contribution is 6.05. The summed E-state index contributed by atoms with van der Waals surface area (Å²) < 4.78 is 79.5. The first-order chi connectivity index (χ1) is 18.3. The van der Waals surface area contributed by atoms with Crippen molar-refractivity contribution in [2.24, 2.45) is 7.05 Å². The number of pyridine rings is 1. The lowest BCUT2D eigenvalue weighted by Gasteiger charge is -2.12. The molecular weight excluding hydrogens is 522 g/mol. The average Bonchev–Trinajstić information content (AvgIpc) is 2.88. The Balaban J connectivity index is 1.65. The minimum absolute atomic E-state index is 0.213. The van der Waals surface area contributed by atoms with Gasteiger partial charge in [0.25, 0.3) is 5.56 Å². The molecule has 0 bridgehead atoms. The number of hydrogen-bond acceptors (Lipinski definition) is 2. The van der Waals surface area contributed by atoms with Crippen LogP contribution in [0, 0.1) is 0 Å². The van der Waals surface area contributed by atoms with Crippen molar-refractivity contribution in [3.05, 3.63) is 130 Å². The van der Waals surface area contributed by atoms with Crippen LogP contribution < -0.4 is 10.9 Å². The van der Waals surface area contributed by atoms with E-state index in [1.54, 1.807) is 31.3 Å². The average molecular weight is 542 g/mol. The molecule has 0 atom stereocenters. The Bertz CT molecular complexity index is 1570. The molecule has 4 nitrogen and oxygen atoms in total. The number of fused-ring (bicyclic) bond motifs is 1. The van der Waals surface area contributed by atoms with Gasteiger partial charge in [0.05, 0.1) is 22.3 Å². The molecule has 0 spiro atoms. The fourth-order valence-corrected chi connectivity index (χ4v) is 3.96. The van der Waals surface area contributed by atoms with Crippen LogP contribution in [0.15, 0.2) is 102 Å². The molecular formula is C29H20F6N2O2. The molecule has 0 radical (unpaired) electrons. The number of nitrogens with zero attached hydrogens (tertiary/aromatic N) is 1. The molecule has 0 saturated heterocycles. The topological polar surface area (TPSA) is 51.1 Å². The van der Waals surface area contributed by atoms with Gasteiger partial charge in [0.1, 0.15) is 0 Å². The number of carbonyl (C=O) groups excluding carboxylic acids is 1. The number of aryl methyl sites for hydroxylation is 1. The summed E-state index contributed by atoms with van der Waals surface area (Å²) in [6.45, 7) is 0. The summed E-state index contributed by atoms with van der Waals surface area (Å²) in [7, 11) is 1.60. The summed E-state index contributed by atoms with van der Waals surface area (Å²) in [6, 6.07) is 16.3. The van der Waals surface area contributed by atoms with E-state index in [-0.39, 0.29) is 5.56 Å². The molecule has 1 heterocycles. The maximum absolute atomic E-state index is 13.0. The molecule has 1 N–H and O–H groups in total. The van der Waals surface area contributed by atoms with E-state index in [1.165, 1.54) is 53.1 Å². The summed E-state index contributed by atoms with van der Waals surface area (Å²) >= 11 is 0. The highest BCUT2D eigenvalue weighted by atomic mass is 19.4. The number of aromatic nitrogens is 1. The maximum Gasteiger partial charge on any atom is 0.416 e. The molecule has 1 aromatic heterocycles. The number of benzene rings is 3. The van der Waals surface area contributed by atoms with Gasteiger partial charge in [-0.2, -0.15) is 26.3 Å². The highest BCUT2D eigenvalue weighted by Gasteiger charge is 2.31. The van der Waals surface area contributed by atoms with Gasteiger partial charge in [-0.3, -0.25) is 9.59 Å². The minimum atomic E-state index is -4.55. The number of carbonyl (C=O) groups is 1. The van der Waals surface area contributed by atoms with Gasteiger partial charge in [0.2, 0.25) is 5.91 Å². The van der Waals surface area contributed by atoms with Crippen LogP contribution in [0.5, 0.6) is 0 Å². The highest BCUT2D eigenvalue weighted by Crippen LogP contribution is 2.33. The lowest BCUT2D eigenvalue weighted by molar-refractivity contribution is -0.138. The van der Waals surface area contributed by atoms with Gasteiger partial charge in [0, 0.05) is 24.6 Å². The van der Waals surface area contributed by atoms with E-state index in [9.17, 15) is 35.9 Å². The van der Waals surface area contributed by atoms with E-state index in [0.29, 0.717) is 33.3 Å². The van der Waals surface area contributed by atoms with Crippen molar-refractivity contribution in [2.45, 2.75) is 12.4 Å². The van der Waals surface area contributed by atoms with Crippen molar-refractivity contribution >= 4 is 28.1 Å². The van der Waals surface area contributed by atoms with Gasteiger partial charge in [-0.1, -0.05) is 42.5 Å². The summed E-state index contributed by atoms with van der Waals surface area (Å²) in [5.41, 5.74) is 0.0202. The van der Waals surface area contributed by atoms with Gasteiger partial charge < -0.3 is 9.88 Å². The van der Waals surface area contributed by atoms with Gasteiger partial charge in [-0.05, 0) is 59.2 Å². The number of allylic oxidation sites excluding steroid dienone is 2. The van der Waals surface area contributed by atoms with Crippen LogP contribution in [0.4, 0.5) is 32.0 Å². The number of hydrogen-bond donors (Lipinski definition) is 1. The third kappa shape index (κ3) is 6.28. The summed E-state index contributed by atoms with van der Waals surface area (Å²) in [5.74, 6) is -0.535. The van der Waals surface area contributed by atoms with Crippen LogP contribution in [-0.2, 0) is 24.2 Å². The Morgan fingerprint density at radius 2 is 1.31 bits per heavy atom. The number of nitrogens with one attached hydrogen (secondary N) is 1. The van der Waals surface area contributed by atoms with Gasteiger partial charge in [0.15, 0.2) is 0 Å². The van der Waals surface area contributed by atoms with E-state index in [1.807, 2.05) is 0 Å². The second kappa shape index (κ2) is 10.6. The van der Waals surface area contributed by atoms with Crippen LogP contribution in [0.1, 0.15) is 22.3 Å². The van der Waals surface area contributed by atoms with Gasteiger partial charge in [-0.25, -0.2) is 0 Å². The second-order valence-corrected chi connectivity index (χ2v) is 8.55. The quantitative estimate of drug-likeness (QED) is 0.165. The first-order valence-electron chi connectivity index (χ1n) is 11.5. The van der Waals surface area contributed by atoms with Crippen molar-refractivity contribution in [2.75, 3.05) is 5.32 Å². The zero-order chi connectivity index (χ0) is 28.4. The van der Waals surface area contributed by atoms with E-state index in [2.05, 4.69) is 5.32 Å². The Morgan fingerprint density at radius 1 is 0.769 bits per heavy atom. The Hall–Kier alpha value is -4.60. The Labute approximate surface area is 218 Å². The molecule has 0 saturated carbocycles. The number of rotatable bonds is 5. The lowest BCUT2D eigenvalue weighted by atomic mass is 9.95. The van der Waals surface area contributed by atoms with Crippen molar-refractivity contribution < 1.29 is 31.1 Å². The zero-order valence-corrected chi connectivity index (χ0v) is 20.3. The molecule has 200 valence electrons. The Morgan fingerprint density at radius 3 is 1.82 bits per heavy atom. The third-order valence-corrected chi connectivity index (χ3v) is 5.98. The van der Waals surface area contributed by atoms with Crippen LogP contribution >= 0.6 is 0 Å². The summed E-state index contributed by atoms with van der Waals surface area (Å²) in [4.78, 5) is 24.5. The van der Waals surface area contributed by atoms with E-state index in [0.717, 1.165) is 24.3 Å². The second-order valence-electron chi connectivity index (χ2n) is 8.55. The predicted molar refractivity (Wildman–Crippen MR) is 137 cm³/mol. The molecule has 0 aliphatic carbocycles. The Kier molecular flexibility index (Phi) is 7.49. The van der Waals surface area contributed by atoms with E-state index >= 15 is 0 Å².